The minimum absolute atomic E-state index is 0.0348. The van der Waals surface area contributed by atoms with E-state index >= 15 is 0 Å². The lowest BCUT2D eigenvalue weighted by Gasteiger charge is -2.38. The van der Waals surface area contributed by atoms with Crippen molar-refractivity contribution in [3.05, 3.63) is 41.7 Å². The maximum absolute atomic E-state index is 12.8. The molecule has 1 aliphatic heterocycles. The normalized spacial score (nSPS) is 17.1. The first-order chi connectivity index (χ1) is 13.0. The Morgan fingerprint density at radius 3 is 2.74 bits per heavy atom. The molecule has 1 saturated heterocycles. The van der Waals surface area contributed by atoms with Crippen molar-refractivity contribution in [2.75, 3.05) is 26.7 Å². The van der Waals surface area contributed by atoms with Crippen molar-refractivity contribution in [3.8, 4) is 11.5 Å². The lowest BCUT2D eigenvalue weighted by Crippen LogP contribution is -2.57. The van der Waals surface area contributed by atoms with E-state index < -0.39 is 6.04 Å². The van der Waals surface area contributed by atoms with Crippen molar-refractivity contribution < 1.29 is 19.1 Å². The van der Waals surface area contributed by atoms with Crippen molar-refractivity contribution in [1.82, 2.24) is 20.0 Å². The van der Waals surface area contributed by atoms with Gasteiger partial charge in [0.25, 0.3) is 5.91 Å². The highest BCUT2D eigenvalue weighted by atomic mass is 16.5. The predicted molar refractivity (Wildman–Crippen MR) is 98.7 cm³/mol. The summed E-state index contributed by atoms with van der Waals surface area (Å²) in [5, 5.41) is 6.91. The summed E-state index contributed by atoms with van der Waals surface area (Å²) in [6.45, 7) is 5.60. The Morgan fingerprint density at radius 1 is 1.30 bits per heavy atom. The van der Waals surface area contributed by atoms with Crippen LogP contribution in [0.5, 0.6) is 11.5 Å². The number of nitrogens with one attached hydrogen (secondary N) is 1. The van der Waals surface area contributed by atoms with Gasteiger partial charge in [-0.2, -0.15) is 5.10 Å². The molecular weight excluding hydrogens is 348 g/mol. The van der Waals surface area contributed by atoms with Crippen molar-refractivity contribution in [2.24, 2.45) is 0 Å². The Bertz CT molecular complexity index is 820. The van der Waals surface area contributed by atoms with Gasteiger partial charge in [0.15, 0.2) is 17.2 Å². The number of aromatic nitrogens is 2. The molecule has 2 aromatic rings. The first-order valence-corrected chi connectivity index (χ1v) is 8.95. The molecule has 1 aromatic carbocycles. The number of benzene rings is 1. The molecule has 8 nitrogen and oxygen atoms in total. The average Bonchev–Trinajstić information content (AvgIpc) is 3.17. The fraction of sp³-hybridized carbons (Fsp3) is 0.421. The highest BCUT2D eigenvalue weighted by Gasteiger charge is 2.34. The zero-order valence-electron chi connectivity index (χ0n) is 15.8. The first-order valence-electron chi connectivity index (χ1n) is 8.95. The van der Waals surface area contributed by atoms with Crippen LogP contribution < -0.4 is 9.47 Å². The molecule has 3 rings (SSSR count). The Labute approximate surface area is 158 Å². The van der Waals surface area contributed by atoms with Crippen LogP contribution in [0.2, 0.25) is 0 Å². The van der Waals surface area contributed by atoms with E-state index in [-0.39, 0.29) is 24.1 Å². The molecule has 0 radical (unpaired) electrons. The number of nitrogens with zero attached hydrogens (tertiary/aromatic N) is 3. The molecule has 1 N–H and O–H groups in total. The molecule has 144 valence electrons. The molecule has 2 amide bonds. The van der Waals surface area contributed by atoms with Crippen molar-refractivity contribution in [2.45, 2.75) is 26.5 Å². The second-order valence-corrected chi connectivity index (χ2v) is 6.31. The Kier molecular flexibility index (Phi) is 5.63. The van der Waals surface area contributed by atoms with E-state index in [2.05, 4.69) is 10.2 Å². The second-order valence-electron chi connectivity index (χ2n) is 6.31. The molecule has 0 bridgehead atoms. The molecule has 8 heteroatoms. The van der Waals surface area contributed by atoms with Gasteiger partial charge >= 0.3 is 0 Å². The minimum atomic E-state index is -0.490. The number of carbonyl (C=O) groups is 2. The number of aromatic amines is 1. The molecule has 1 aliphatic rings. The number of H-pyrrole nitrogens is 1. The molecule has 0 saturated carbocycles. The number of para-hydroxylation sites is 2. The van der Waals surface area contributed by atoms with Crippen molar-refractivity contribution in [1.29, 1.82) is 0 Å². The third-order valence-electron chi connectivity index (χ3n) is 4.69. The number of hydrogen-bond donors (Lipinski definition) is 1. The van der Waals surface area contributed by atoms with E-state index in [1.165, 1.54) is 0 Å². The molecular formula is C19H24N4O4. The van der Waals surface area contributed by atoms with Gasteiger partial charge in [-0.25, -0.2) is 0 Å². The number of piperazine rings is 1. The standard InChI is InChI=1S/C19H24N4O4/c1-4-22-9-10-23(13(2)18(22)24)19(25)15-11-14(20-21-15)12-27-17-8-6-5-7-16(17)26-3/h5-8,11,13H,4,9-10,12H2,1-3H3,(H,20,21)/t13-/m1/s1. The summed E-state index contributed by atoms with van der Waals surface area (Å²) in [5.74, 6) is 0.950. The number of rotatable bonds is 6. The fourth-order valence-electron chi connectivity index (χ4n) is 3.11. The molecule has 0 unspecified atom stereocenters. The molecule has 2 heterocycles. The number of amides is 2. The number of ether oxygens (including phenoxy) is 2. The second kappa shape index (κ2) is 8.11. The van der Waals surface area contributed by atoms with Crippen LogP contribution in [0.1, 0.15) is 30.0 Å². The van der Waals surface area contributed by atoms with Gasteiger partial charge in [0.1, 0.15) is 12.6 Å². The van der Waals surface area contributed by atoms with Crippen LogP contribution in [0.15, 0.2) is 30.3 Å². The van der Waals surface area contributed by atoms with Crippen LogP contribution in [0.25, 0.3) is 0 Å². The summed E-state index contributed by atoms with van der Waals surface area (Å²) in [6, 6.07) is 8.50. The number of likely N-dealkylation sites (N-methyl/N-ethyl adjacent to an activating group) is 1. The molecule has 0 spiro atoms. The molecule has 27 heavy (non-hydrogen) atoms. The Hall–Kier alpha value is -3.03. The molecule has 0 aliphatic carbocycles. The highest BCUT2D eigenvalue weighted by molar-refractivity contribution is 5.96. The Balaban J connectivity index is 1.65. The van der Waals surface area contributed by atoms with E-state index in [1.54, 1.807) is 29.9 Å². The zero-order chi connectivity index (χ0) is 19.4. The van der Waals surface area contributed by atoms with Crippen LogP contribution in [0, 0.1) is 0 Å². The van der Waals surface area contributed by atoms with Crippen molar-refractivity contribution in [3.63, 3.8) is 0 Å². The fourth-order valence-corrected chi connectivity index (χ4v) is 3.11. The minimum Gasteiger partial charge on any atom is -0.493 e. The number of methoxy groups -OCH3 is 1. The summed E-state index contributed by atoms with van der Waals surface area (Å²) in [6.07, 6.45) is 0. The molecule has 1 atom stereocenters. The summed E-state index contributed by atoms with van der Waals surface area (Å²) in [4.78, 5) is 28.4. The summed E-state index contributed by atoms with van der Waals surface area (Å²) in [7, 11) is 1.58. The largest absolute Gasteiger partial charge is 0.493 e. The van der Waals surface area contributed by atoms with Gasteiger partial charge in [0.05, 0.1) is 12.8 Å². The summed E-state index contributed by atoms with van der Waals surface area (Å²) in [5.41, 5.74) is 0.939. The lowest BCUT2D eigenvalue weighted by molar-refractivity contribution is -0.139. The van der Waals surface area contributed by atoms with E-state index in [1.807, 2.05) is 31.2 Å². The zero-order valence-corrected chi connectivity index (χ0v) is 15.8. The van der Waals surface area contributed by atoms with E-state index in [0.717, 1.165) is 0 Å². The van der Waals surface area contributed by atoms with Crippen LogP contribution in [0.3, 0.4) is 0 Å². The monoisotopic (exact) mass is 372 g/mol. The third-order valence-corrected chi connectivity index (χ3v) is 4.69. The molecule has 1 aromatic heterocycles. The summed E-state index contributed by atoms with van der Waals surface area (Å²) < 4.78 is 11.0. The maximum atomic E-state index is 12.8. The van der Waals surface area contributed by atoms with Gasteiger partial charge in [0, 0.05) is 19.6 Å². The van der Waals surface area contributed by atoms with Gasteiger partial charge in [0.2, 0.25) is 5.91 Å². The number of carbonyl (C=O) groups excluding carboxylic acids is 2. The van der Waals surface area contributed by atoms with Crippen LogP contribution in [0.4, 0.5) is 0 Å². The van der Waals surface area contributed by atoms with Crippen LogP contribution >= 0.6 is 0 Å². The van der Waals surface area contributed by atoms with Gasteiger partial charge in [-0.1, -0.05) is 12.1 Å². The smallest absolute Gasteiger partial charge is 0.275 e. The predicted octanol–water partition coefficient (Wildman–Crippen LogP) is 1.69. The van der Waals surface area contributed by atoms with E-state index in [9.17, 15) is 9.59 Å². The number of hydrogen-bond acceptors (Lipinski definition) is 5. The summed E-state index contributed by atoms with van der Waals surface area (Å²) >= 11 is 0. The van der Waals surface area contributed by atoms with Gasteiger partial charge in [-0.3, -0.25) is 14.7 Å². The van der Waals surface area contributed by atoms with Gasteiger partial charge < -0.3 is 19.3 Å². The SMILES string of the molecule is CCN1CCN(C(=O)c2cc(COc3ccccc3OC)[nH]n2)[C@H](C)C1=O. The Morgan fingerprint density at radius 2 is 2.04 bits per heavy atom. The topological polar surface area (TPSA) is 87.8 Å². The van der Waals surface area contributed by atoms with Crippen molar-refractivity contribution >= 4 is 11.8 Å². The van der Waals surface area contributed by atoms with Gasteiger partial charge in [-0.15, -0.1) is 0 Å². The van der Waals surface area contributed by atoms with Gasteiger partial charge in [-0.05, 0) is 32.0 Å². The van der Waals surface area contributed by atoms with Crippen LogP contribution in [-0.4, -0.2) is 64.6 Å². The third kappa shape index (κ3) is 3.89. The first kappa shape index (κ1) is 18.8. The van der Waals surface area contributed by atoms with Crippen LogP contribution in [-0.2, 0) is 11.4 Å². The molecule has 1 fully saturated rings. The van der Waals surface area contributed by atoms with E-state index in [4.69, 9.17) is 9.47 Å². The highest BCUT2D eigenvalue weighted by Crippen LogP contribution is 2.26. The quantitative estimate of drug-likeness (QED) is 0.834. The lowest BCUT2D eigenvalue weighted by atomic mass is 10.1. The van der Waals surface area contributed by atoms with E-state index in [0.29, 0.717) is 36.8 Å². The maximum Gasteiger partial charge on any atom is 0.275 e. The average molecular weight is 372 g/mol.